The highest BCUT2D eigenvalue weighted by Gasteiger charge is 2.39. The SMILES string of the molecule is CCCCCCCCCCCCCOCC(O)COC1(O)C=CC=CC1c1nc(-c2ccc(C)cc2C)nc(-c2ccc(C)cc2C)n1. The summed E-state index contributed by atoms with van der Waals surface area (Å²) in [5.74, 6) is -1.02. The van der Waals surface area contributed by atoms with Crippen molar-refractivity contribution in [1.29, 1.82) is 0 Å². The molecule has 0 saturated carbocycles. The highest BCUT2D eigenvalue weighted by atomic mass is 16.6. The minimum Gasteiger partial charge on any atom is -0.388 e. The predicted octanol–water partition coefficient (Wildman–Crippen LogP) is 9.04. The third-order valence-corrected chi connectivity index (χ3v) is 9.08. The van der Waals surface area contributed by atoms with Crippen molar-refractivity contribution in [1.82, 2.24) is 15.0 Å². The number of benzene rings is 2. The number of aliphatic hydroxyl groups is 2. The van der Waals surface area contributed by atoms with E-state index in [0.29, 0.717) is 24.1 Å². The van der Waals surface area contributed by atoms with Gasteiger partial charge < -0.3 is 19.7 Å². The molecule has 260 valence electrons. The minimum absolute atomic E-state index is 0.0949. The normalized spacial score (nSPS) is 18.0. The summed E-state index contributed by atoms with van der Waals surface area (Å²) in [7, 11) is 0. The van der Waals surface area contributed by atoms with Crippen molar-refractivity contribution in [2.45, 2.75) is 123 Å². The predicted molar refractivity (Wildman–Crippen MR) is 195 cm³/mol. The molecule has 0 bridgehead atoms. The van der Waals surface area contributed by atoms with E-state index in [4.69, 9.17) is 24.4 Å². The number of rotatable bonds is 20. The molecule has 1 aliphatic carbocycles. The van der Waals surface area contributed by atoms with Crippen molar-refractivity contribution in [3.8, 4) is 22.8 Å². The van der Waals surface area contributed by atoms with Gasteiger partial charge in [-0.05, 0) is 51.3 Å². The van der Waals surface area contributed by atoms with Gasteiger partial charge in [-0.15, -0.1) is 0 Å². The number of hydrogen-bond acceptors (Lipinski definition) is 7. The van der Waals surface area contributed by atoms with Gasteiger partial charge in [0.05, 0.1) is 19.1 Å². The first-order valence-corrected chi connectivity index (χ1v) is 18.1. The van der Waals surface area contributed by atoms with E-state index in [0.717, 1.165) is 46.2 Å². The molecule has 1 aliphatic rings. The average Bonchev–Trinajstić information content (AvgIpc) is 3.06. The molecule has 2 aromatic carbocycles. The summed E-state index contributed by atoms with van der Waals surface area (Å²) in [6.45, 7) is 11.1. The maximum absolute atomic E-state index is 11.8. The molecule has 0 radical (unpaired) electrons. The first kappa shape index (κ1) is 37.6. The molecule has 0 saturated heterocycles. The Balaban J connectivity index is 1.36. The van der Waals surface area contributed by atoms with Crippen LogP contribution < -0.4 is 0 Å². The van der Waals surface area contributed by atoms with Crippen LogP contribution in [0.4, 0.5) is 0 Å². The van der Waals surface area contributed by atoms with Crippen LogP contribution in [0, 0.1) is 27.7 Å². The quantitative estimate of drug-likeness (QED) is 0.0926. The van der Waals surface area contributed by atoms with Crippen molar-refractivity contribution in [3.05, 3.63) is 88.8 Å². The Labute approximate surface area is 288 Å². The smallest absolute Gasteiger partial charge is 0.199 e. The zero-order valence-electron chi connectivity index (χ0n) is 29.9. The van der Waals surface area contributed by atoms with Gasteiger partial charge in [0.1, 0.15) is 11.9 Å². The van der Waals surface area contributed by atoms with Gasteiger partial charge in [-0.25, -0.2) is 15.0 Å². The Kier molecular flexibility index (Phi) is 14.9. The average molecular weight is 656 g/mol. The first-order valence-electron chi connectivity index (χ1n) is 18.1. The third kappa shape index (κ3) is 11.2. The lowest BCUT2D eigenvalue weighted by atomic mass is 9.92. The topological polar surface area (TPSA) is 97.6 Å². The third-order valence-electron chi connectivity index (χ3n) is 9.08. The van der Waals surface area contributed by atoms with Crippen LogP contribution in [0.1, 0.15) is 112 Å². The molecule has 0 amide bonds. The lowest BCUT2D eigenvalue weighted by Gasteiger charge is -2.33. The van der Waals surface area contributed by atoms with E-state index in [-0.39, 0.29) is 13.2 Å². The molecular weight excluding hydrogens is 598 g/mol. The fourth-order valence-electron chi connectivity index (χ4n) is 6.29. The number of ether oxygens (including phenoxy) is 2. The number of allylic oxidation sites excluding steroid dienone is 2. The van der Waals surface area contributed by atoms with Crippen molar-refractivity contribution >= 4 is 0 Å². The first-order chi connectivity index (χ1) is 23.2. The summed E-state index contributed by atoms with van der Waals surface area (Å²) in [5, 5.41) is 22.5. The van der Waals surface area contributed by atoms with E-state index in [1.54, 1.807) is 12.2 Å². The molecule has 3 aromatic rings. The number of hydrogen-bond donors (Lipinski definition) is 2. The van der Waals surface area contributed by atoms with Crippen molar-refractivity contribution in [2.75, 3.05) is 19.8 Å². The van der Waals surface area contributed by atoms with Crippen LogP contribution in [-0.2, 0) is 9.47 Å². The van der Waals surface area contributed by atoms with Gasteiger partial charge in [0.25, 0.3) is 0 Å². The lowest BCUT2D eigenvalue weighted by molar-refractivity contribution is -0.194. The molecule has 1 aromatic heterocycles. The van der Waals surface area contributed by atoms with Crippen molar-refractivity contribution in [3.63, 3.8) is 0 Å². The number of aryl methyl sites for hydroxylation is 4. The summed E-state index contributed by atoms with van der Waals surface area (Å²) < 4.78 is 11.8. The monoisotopic (exact) mass is 655 g/mol. The number of aromatic nitrogens is 3. The summed E-state index contributed by atoms with van der Waals surface area (Å²) in [6.07, 6.45) is 20.2. The molecule has 0 fully saturated rings. The van der Waals surface area contributed by atoms with Crippen LogP contribution in [0.2, 0.25) is 0 Å². The molecular formula is C41H57N3O4. The summed E-state index contributed by atoms with van der Waals surface area (Å²) in [4.78, 5) is 14.7. The van der Waals surface area contributed by atoms with E-state index >= 15 is 0 Å². The van der Waals surface area contributed by atoms with Gasteiger partial charge in [-0.3, -0.25) is 0 Å². The molecule has 2 N–H and O–H groups in total. The van der Waals surface area contributed by atoms with Crippen molar-refractivity contribution < 1.29 is 19.7 Å². The zero-order chi connectivity index (χ0) is 34.4. The van der Waals surface area contributed by atoms with E-state index in [2.05, 4.69) is 32.9 Å². The molecule has 1 heterocycles. The second-order valence-electron chi connectivity index (χ2n) is 13.5. The summed E-state index contributed by atoms with van der Waals surface area (Å²) in [6, 6.07) is 12.4. The summed E-state index contributed by atoms with van der Waals surface area (Å²) >= 11 is 0. The Morgan fingerprint density at radius 2 is 1.25 bits per heavy atom. The molecule has 7 nitrogen and oxygen atoms in total. The van der Waals surface area contributed by atoms with Crippen LogP contribution in [0.25, 0.3) is 22.8 Å². The summed E-state index contributed by atoms with van der Waals surface area (Å²) in [5.41, 5.74) is 6.23. The maximum atomic E-state index is 11.8. The highest BCUT2D eigenvalue weighted by molar-refractivity contribution is 5.66. The van der Waals surface area contributed by atoms with Gasteiger partial charge in [0, 0.05) is 17.7 Å². The fraction of sp³-hybridized carbons (Fsp3) is 0.537. The molecule has 0 aliphatic heterocycles. The van der Waals surface area contributed by atoms with E-state index in [1.165, 1.54) is 57.8 Å². The molecule has 4 rings (SSSR count). The van der Waals surface area contributed by atoms with Gasteiger partial charge in [0.15, 0.2) is 17.4 Å². The number of aliphatic hydroxyl groups excluding tert-OH is 1. The lowest BCUT2D eigenvalue weighted by Crippen LogP contribution is -2.41. The van der Waals surface area contributed by atoms with Gasteiger partial charge in [-0.2, -0.15) is 0 Å². The van der Waals surface area contributed by atoms with E-state index < -0.39 is 17.8 Å². The molecule has 0 spiro atoms. The molecule has 48 heavy (non-hydrogen) atoms. The minimum atomic E-state index is -1.76. The van der Waals surface area contributed by atoms with Crippen molar-refractivity contribution in [2.24, 2.45) is 0 Å². The van der Waals surface area contributed by atoms with Crippen LogP contribution in [0.15, 0.2) is 60.7 Å². The Hall–Kier alpha value is -3.23. The number of nitrogens with zero attached hydrogens (tertiary/aromatic N) is 3. The van der Waals surface area contributed by atoms with E-state index in [1.807, 2.05) is 50.3 Å². The van der Waals surface area contributed by atoms with Gasteiger partial charge >= 0.3 is 0 Å². The Morgan fingerprint density at radius 3 is 1.79 bits per heavy atom. The molecule has 7 heteroatoms. The van der Waals surface area contributed by atoms with Crippen LogP contribution in [0.3, 0.4) is 0 Å². The Morgan fingerprint density at radius 1 is 0.708 bits per heavy atom. The molecule has 3 unspecified atom stereocenters. The second kappa shape index (κ2) is 19.1. The van der Waals surface area contributed by atoms with Crippen LogP contribution in [0.5, 0.6) is 0 Å². The van der Waals surface area contributed by atoms with Crippen LogP contribution in [-0.4, -0.2) is 56.9 Å². The second-order valence-corrected chi connectivity index (χ2v) is 13.5. The molecule has 3 atom stereocenters. The maximum Gasteiger partial charge on any atom is 0.199 e. The van der Waals surface area contributed by atoms with Gasteiger partial charge in [0.2, 0.25) is 0 Å². The van der Waals surface area contributed by atoms with Crippen LogP contribution >= 0.6 is 0 Å². The number of unbranched alkanes of at least 4 members (excludes halogenated alkanes) is 10. The Bertz CT molecular complexity index is 1430. The zero-order valence-corrected chi connectivity index (χ0v) is 29.9. The largest absolute Gasteiger partial charge is 0.388 e. The fourth-order valence-corrected chi connectivity index (χ4v) is 6.29. The standard InChI is InChI=1S/C41H57N3O4/c1-6-7-8-9-10-11-12-13-14-15-18-25-47-28-34(45)29-48-41(46)24-17-16-19-37(41)40-43-38(35-22-20-30(2)26-32(35)4)42-39(44-40)36-23-21-31(3)27-33(36)5/h16-17,19-24,26-27,34,37,45-46H,6-15,18,25,28-29H2,1-5H3. The highest BCUT2D eigenvalue weighted by Crippen LogP contribution is 2.36. The van der Waals surface area contributed by atoms with Gasteiger partial charge in [-0.1, -0.05) is 137 Å². The van der Waals surface area contributed by atoms with E-state index in [9.17, 15) is 10.2 Å².